The van der Waals surface area contributed by atoms with Gasteiger partial charge in [-0.2, -0.15) is 0 Å². The van der Waals surface area contributed by atoms with Gasteiger partial charge in [0.1, 0.15) is 0 Å². The number of benzene rings is 1. The van der Waals surface area contributed by atoms with Gasteiger partial charge in [0, 0.05) is 24.2 Å². The fourth-order valence-electron chi connectivity index (χ4n) is 1.28. The quantitative estimate of drug-likeness (QED) is 0.459. The number of hydrogen-bond donors (Lipinski definition) is 2. The summed E-state index contributed by atoms with van der Waals surface area (Å²) in [5, 5.41) is 2.80. The minimum atomic E-state index is -0.0824. The maximum Gasteiger partial charge on any atom is 0.251 e. The van der Waals surface area contributed by atoms with Gasteiger partial charge in [0.2, 0.25) is 0 Å². The molecule has 0 aromatic heterocycles. The summed E-state index contributed by atoms with van der Waals surface area (Å²) in [7, 11) is 0. The van der Waals surface area contributed by atoms with Crippen LogP contribution in [0.3, 0.4) is 0 Å². The molecule has 0 radical (unpaired) electrons. The Labute approximate surface area is 96.0 Å². The molecule has 0 aliphatic heterocycles. The zero-order chi connectivity index (χ0) is 12.0. The van der Waals surface area contributed by atoms with E-state index in [2.05, 4.69) is 17.2 Å². The van der Waals surface area contributed by atoms with Gasteiger partial charge in [0.25, 0.3) is 5.91 Å². The zero-order valence-corrected chi connectivity index (χ0v) is 9.63. The Balaban J connectivity index is 2.58. The fraction of sp³-hybridized carbons (Fsp3) is 0.308. The number of aryl methyl sites for hydroxylation is 1. The van der Waals surface area contributed by atoms with E-state index in [4.69, 9.17) is 5.73 Å². The lowest BCUT2D eigenvalue weighted by Gasteiger charge is -2.05. The Bertz CT molecular complexity index is 441. The first-order chi connectivity index (χ1) is 7.65. The third-order valence-corrected chi connectivity index (χ3v) is 2.24. The number of carbonyl (C=O) groups is 1. The van der Waals surface area contributed by atoms with Crippen molar-refractivity contribution in [2.45, 2.75) is 20.3 Å². The van der Waals surface area contributed by atoms with Crippen molar-refractivity contribution in [3.05, 3.63) is 29.3 Å². The number of carbonyl (C=O) groups excluding carboxylic acids is 1. The van der Waals surface area contributed by atoms with Crippen molar-refractivity contribution < 1.29 is 4.79 Å². The molecule has 3 N–H and O–H groups in total. The second-order valence-electron chi connectivity index (χ2n) is 3.50. The molecule has 3 nitrogen and oxygen atoms in total. The third kappa shape index (κ3) is 3.32. The van der Waals surface area contributed by atoms with Crippen LogP contribution in [0.1, 0.15) is 29.3 Å². The molecule has 3 heteroatoms. The monoisotopic (exact) mass is 216 g/mol. The summed E-state index contributed by atoms with van der Waals surface area (Å²) in [6, 6.07) is 5.26. The van der Waals surface area contributed by atoms with E-state index in [1.807, 2.05) is 6.92 Å². The van der Waals surface area contributed by atoms with Crippen LogP contribution in [0.2, 0.25) is 0 Å². The molecule has 84 valence electrons. The van der Waals surface area contributed by atoms with E-state index >= 15 is 0 Å². The predicted molar refractivity (Wildman–Crippen MR) is 66.0 cm³/mol. The average Bonchev–Trinajstić information content (AvgIpc) is 2.28. The lowest BCUT2D eigenvalue weighted by atomic mass is 10.1. The lowest BCUT2D eigenvalue weighted by Crippen LogP contribution is -2.24. The van der Waals surface area contributed by atoms with Crippen molar-refractivity contribution in [3.8, 4) is 11.8 Å². The Morgan fingerprint density at radius 2 is 2.25 bits per heavy atom. The standard InChI is InChI=1S/C13H16N2O/c1-3-4-5-8-15-13(16)11-6-7-12(14)10(2)9-11/h6-7,9H,5,8,14H2,1-2H3,(H,15,16). The molecular weight excluding hydrogens is 200 g/mol. The van der Waals surface area contributed by atoms with Gasteiger partial charge in [-0.25, -0.2) is 0 Å². The van der Waals surface area contributed by atoms with Crippen LogP contribution in [0, 0.1) is 18.8 Å². The van der Waals surface area contributed by atoms with Crippen LogP contribution in [0.25, 0.3) is 0 Å². The van der Waals surface area contributed by atoms with E-state index in [-0.39, 0.29) is 5.91 Å². The molecule has 0 unspecified atom stereocenters. The highest BCUT2D eigenvalue weighted by Gasteiger charge is 2.05. The maximum absolute atomic E-state index is 11.7. The van der Waals surface area contributed by atoms with Crippen LogP contribution in [-0.4, -0.2) is 12.5 Å². The van der Waals surface area contributed by atoms with Gasteiger partial charge in [0.15, 0.2) is 0 Å². The topological polar surface area (TPSA) is 55.1 Å². The van der Waals surface area contributed by atoms with Crippen molar-refractivity contribution in [1.82, 2.24) is 5.32 Å². The largest absolute Gasteiger partial charge is 0.399 e. The number of hydrogen-bond acceptors (Lipinski definition) is 2. The predicted octanol–water partition coefficient (Wildman–Crippen LogP) is 1.72. The maximum atomic E-state index is 11.7. The van der Waals surface area contributed by atoms with E-state index in [1.165, 1.54) is 0 Å². The number of nitrogens with two attached hydrogens (primary N) is 1. The summed E-state index contributed by atoms with van der Waals surface area (Å²) in [6.45, 7) is 4.24. The van der Waals surface area contributed by atoms with Crippen LogP contribution in [0.15, 0.2) is 18.2 Å². The van der Waals surface area contributed by atoms with E-state index in [9.17, 15) is 4.79 Å². The first-order valence-electron chi connectivity index (χ1n) is 5.19. The van der Waals surface area contributed by atoms with Crippen molar-refractivity contribution in [2.24, 2.45) is 0 Å². The molecule has 1 aromatic rings. The normalized spacial score (nSPS) is 9.12. The number of anilines is 1. The minimum absolute atomic E-state index is 0.0824. The van der Waals surface area contributed by atoms with Gasteiger partial charge >= 0.3 is 0 Å². The van der Waals surface area contributed by atoms with Crippen LogP contribution >= 0.6 is 0 Å². The van der Waals surface area contributed by atoms with Gasteiger partial charge in [0.05, 0.1) is 0 Å². The van der Waals surface area contributed by atoms with Crippen LogP contribution in [-0.2, 0) is 0 Å². The molecule has 0 aliphatic rings. The molecule has 16 heavy (non-hydrogen) atoms. The molecule has 1 rings (SSSR count). The lowest BCUT2D eigenvalue weighted by molar-refractivity contribution is 0.0954. The van der Waals surface area contributed by atoms with Crippen molar-refractivity contribution in [1.29, 1.82) is 0 Å². The fourth-order valence-corrected chi connectivity index (χ4v) is 1.28. The van der Waals surface area contributed by atoms with Gasteiger partial charge in [-0.05, 0) is 37.6 Å². The molecule has 0 aliphatic carbocycles. The average molecular weight is 216 g/mol. The van der Waals surface area contributed by atoms with Gasteiger partial charge in [-0.15, -0.1) is 11.8 Å². The molecule has 1 amide bonds. The first-order valence-corrected chi connectivity index (χ1v) is 5.19. The summed E-state index contributed by atoms with van der Waals surface area (Å²) < 4.78 is 0. The van der Waals surface area contributed by atoms with E-state index in [0.29, 0.717) is 24.2 Å². The second kappa shape index (κ2) is 5.82. The molecule has 0 fully saturated rings. The second-order valence-corrected chi connectivity index (χ2v) is 3.50. The molecular formula is C13H16N2O. The molecule has 0 saturated carbocycles. The Hall–Kier alpha value is -1.95. The number of amides is 1. The summed E-state index contributed by atoms with van der Waals surface area (Å²) >= 11 is 0. The highest BCUT2D eigenvalue weighted by Crippen LogP contribution is 2.12. The SMILES string of the molecule is CC#CCCNC(=O)c1ccc(N)c(C)c1. The molecule has 1 aromatic carbocycles. The Morgan fingerprint density at radius 1 is 1.50 bits per heavy atom. The minimum Gasteiger partial charge on any atom is -0.399 e. The summed E-state index contributed by atoms with van der Waals surface area (Å²) in [6.07, 6.45) is 0.677. The van der Waals surface area contributed by atoms with Crippen molar-refractivity contribution in [3.63, 3.8) is 0 Å². The summed E-state index contributed by atoms with van der Waals surface area (Å²) in [5.41, 5.74) is 7.93. The third-order valence-electron chi connectivity index (χ3n) is 2.24. The summed E-state index contributed by atoms with van der Waals surface area (Å²) in [5.74, 6) is 5.59. The highest BCUT2D eigenvalue weighted by atomic mass is 16.1. The smallest absolute Gasteiger partial charge is 0.251 e. The Kier molecular flexibility index (Phi) is 4.41. The first kappa shape index (κ1) is 12.1. The van der Waals surface area contributed by atoms with Crippen molar-refractivity contribution in [2.75, 3.05) is 12.3 Å². The zero-order valence-electron chi connectivity index (χ0n) is 9.63. The molecule has 0 heterocycles. The number of nitrogen functional groups attached to an aromatic ring is 1. The molecule has 0 spiro atoms. The Morgan fingerprint density at radius 3 is 2.88 bits per heavy atom. The summed E-state index contributed by atoms with van der Waals surface area (Å²) in [4.78, 5) is 11.7. The molecule has 0 bridgehead atoms. The van der Waals surface area contributed by atoms with Gasteiger partial charge in [-0.1, -0.05) is 0 Å². The van der Waals surface area contributed by atoms with Gasteiger partial charge < -0.3 is 11.1 Å². The van der Waals surface area contributed by atoms with E-state index < -0.39 is 0 Å². The van der Waals surface area contributed by atoms with E-state index in [0.717, 1.165) is 5.56 Å². The molecule has 0 atom stereocenters. The van der Waals surface area contributed by atoms with E-state index in [1.54, 1.807) is 25.1 Å². The highest BCUT2D eigenvalue weighted by molar-refractivity contribution is 5.94. The van der Waals surface area contributed by atoms with Crippen LogP contribution in [0.4, 0.5) is 5.69 Å². The van der Waals surface area contributed by atoms with Gasteiger partial charge in [-0.3, -0.25) is 4.79 Å². The number of rotatable bonds is 3. The van der Waals surface area contributed by atoms with Crippen molar-refractivity contribution >= 4 is 11.6 Å². The van der Waals surface area contributed by atoms with Crippen LogP contribution < -0.4 is 11.1 Å². The molecule has 0 saturated heterocycles. The van der Waals surface area contributed by atoms with Crippen LogP contribution in [0.5, 0.6) is 0 Å². The number of nitrogens with one attached hydrogen (secondary N) is 1.